The van der Waals surface area contributed by atoms with E-state index in [1.54, 1.807) is 12.1 Å². The number of benzene rings is 1. The molecule has 0 saturated carbocycles. The van der Waals surface area contributed by atoms with Crippen LogP contribution in [0.1, 0.15) is 84.6 Å². The van der Waals surface area contributed by atoms with E-state index in [4.69, 9.17) is 4.55 Å². The van der Waals surface area contributed by atoms with Gasteiger partial charge in [0.1, 0.15) is 0 Å². The Morgan fingerprint density at radius 3 is 1.28 bits per heavy atom. The fourth-order valence-corrected chi connectivity index (χ4v) is 3.84. The molecule has 1 aromatic rings. The van der Waals surface area contributed by atoms with E-state index in [1.165, 1.54) is 94.2 Å². The maximum atomic E-state index is 10.5. The first-order chi connectivity index (χ1) is 13.2. The van der Waals surface area contributed by atoms with Crippen LogP contribution in [0.15, 0.2) is 29.2 Å². The van der Waals surface area contributed by atoms with Gasteiger partial charge in [-0.2, -0.15) is 8.42 Å². The number of rotatable bonds is 13. The molecule has 6 heteroatoms. The zero-order valence-corrected chi connectivity index (χ0v) is 20.9. The van der Waals surface area contributed by atoms with Crippen molar-refractivity contribution < 1.29 is 29.9 Å². The van der Waals surface area contributed by atoms with Gasteiger partial charge in [-0.3, -0.25) is 4.55 Å². The zero-order chi connectivity index (χ0) is 21.5. The molecule has 1 aromatic carbocycles. The Labute approximate surface area is 186 Å². The van der Waals surface area contributed by atoms with Crippen molar-refractivity contribution in [1.29, 1.82) is 0 Å². The van der Waals surface area contributed by atoms with Gasteiger partial charge in [0, 0.05) is 0 Å². The summed E-state index contributed by atoms with van der Waals surface area (Å²) in [5.74, 6) is 0. The highest BCUT2D eigenvalue weighted by Crippen LogP contribution is 2.16. The summed E-state index contributed by atoms with van der Waals surface area (Å²) in [5, 5.41) is 0. The third-order valence-electron chi connectivity index (χ3n) is 5.26. The predicted octanol–water partition coefficient (Wildman–Crippen LogP) is 3.25. The van der Waals surface area contributed by atoms with Gasteiger partial charge < -0.3 is 16.9 Å². The topological polar surface area (TPSA) is 54.4 Å². The molecule has 0 spiro atoms. The second-order valence-corrected chi connectivity index (χ2v) is 9.36. The summed E-state index contributed by atoms with van der Waals surface area (Å²) in [6.45, 7) is 16.9. The van der Waals surface area contributed by atoms with Crippen LogP contribution in [-0.2, 0) is 10.1 Å². The predicted molar refractivity (Wildman–Crippen MR) is 120 cm³/mol. The lowest BCUT2D eigenvalue weighted by molar-refractivity contribution is -0.929. The molecule has 4 nitrogen and oxygen atoms in total. The first-order valence-electron chi connectivity index (χ1n) is 11.1. The highest BCUT2D eigenvalue weighted by Gasteiger charge is 2.24. The Balaban J connectivity index is 0. The van der Waals surface area contributed by atoms with Gasteiger partial charge in [0.2, 0.25) is 0 Å². The van der Waals surface area contributed by atoms with Gasteiger partial charge in [-0.15, -0.1) is 0 Å². The molecule has 0 bridgehead atoms. The lowest BCUT2D eigenvalue weighted by Gasteiger charge is -2.39. The third-order valence-corrected chi connectivity index (χ3v) is 6.13. The molecule has 0 fully saturated rings. The van der Waals surface area contributed by atoms with Gasteiger partial charge in [-0.25, -0.2) is 0 Å². The van der Waals surface area contributed by atoms with Crippen molar-refractivity contribution in [2.45, 2.75) is 90.9 Å². The summed E-state index contributed by atoms with van der Waals surface area (Å²) in [5.41, 5.74) is 0.956. The monoisotopic (exact) mass is 449 g/mol. The van der Waals surface area contributed by atoms with Crippen LogP contribution in [0.2, 0.25) is 0 Å². The minimum absolute atomic E-state index is 0. The lowest BCUT2D eigenvalue weighted by atomic mass is 10.1. The van der Waals surface area contributed by atoms with Crippen LogP contribution in [0.5, 0.6) is 0 Å². The number of aryl methyl sites for hydroxylation is 1. The number of unbranched alkanes of at least 4 members (excludes halogenated alkanes) is 4. The van der Waals surface area contributed by atoms with Gasteiger partial charge in [-0.1, -0.05) is 71.1 Å². The Kier molecular flexibility index (Phi) is 18.0. The van der Waals surface area contributed by atoms with Gasteiger partial charge in [0.05, 0.1) is 31.1 Å². The SMILES string of the molecule is CCCC[N+](CCCC)(CCCC)CCCC.Cc1ccc(S(=O)(=O)O)cc1.[Cl-]. The smallest absolute Gasteiger partial charge is 0.294 e. The summed E-state index contributed by atoms with van der Waals surface area (Å²) in [6.07, 6.45) is 11.1. The van der Waals surface area contributed by atoms with E-state index in [2.05, 4.69) is 27.7 Å². The number of quaternary nitrogens is 1. The third kappa shape index (κ3) is 14.1. The number of halogens is 1. The fraction of sp³-hybridized carbons (Fsp3) is 0.739. The molecule has 0 radical (unpaired) electrons. The van der Waals surface area contributed by atoms with E-state index < -0.39 is 10.1 Å². The molecular weight excluding hydrogens is 406 g/mol. The lowest BCUT2D eigenvalue weighted by Crippen LogP contribution is -3.00. The van der Waals surface area contributed by atoms with E-state index in [0.29, 0.717) is 0 Å². The molecule has 0 saturated heterocycles. The van der Waals surface area contributed by atoms with Crippen molar-refractivity contribution in [2.75, 3.05) is 26.2 Å². The van der Waals surface area contributed by atoms with Crippen LogP contribution in [0.25, 0.3) is 0 Å². The molecule has 1 N–H and O–H groups in total. The first kappa shape index (κ1) is 30.6. The largest absolute Gasteiger partial charge is 1.00 e. The number of hydrogen-bond donors (Lipinski definition) is 1. The van der Waals surface area contributed by atoms with E-state index >= 15 is 0 Å². The quantitative estimate of drug-likeness (QED) is 0.371. The van der Waals surface area contributed by atoms with Crippen LogP contribution < -0.4 is 12.4 Å². The van der Waals surface area contributed by atoms with Crippen LogP contribution in [0.3, 0.4) is 0 Å². The molecule has 0 aromatic heterocycles. The van der Waals surface area contributed by atoms with Gasteiger partial charge in [0.15, 0.2) is 0 Å². The fourth-order valence-electron chi connectivity index (χ4n) is 3.36. The second kappa shape index (κ2) is 17.1. The van der Waals surface area contributed by atoms with Crippen molar-refractivity contribution in [1.82, 2.24) is 0 Å². The van der Waals surface area contributed by atoms with E-state index in [-0.39, 0.29) is 17.3 Å². The maximum absolute atomic E-state index is 10.5. The molecule has 0 aliphatic carbocycles. The van der Waals surface area contributed by atoms with Gasteiger partial charge >= 0.3 is 0 Å². The first-order valence-corrected chi connectivity index (χ1v) is 12.6. The Hall–Kier alpha value is -0.620. The molecule has 0 aliphatic rings. The van der Waals surface area contributed by atoms with E-state index in [9.17, 15) is 8.42 Å². The second-order valence-electron chi connectivity index (χ2n) is 7.94. The number of hydrogen-bond acceptors (Lipinski definition) is 2. The Morgan fingerprint density at radius 1 is 0.724 bits per heavy atom. The summed E-state index contributed by atoms with van der Waals surface area (Å²) in [4.78, 5) is -0.0666. The van der Waals surface area contributed by atoms with Crippen LogP contribution in [0, 0.1) is 6.92 Å². The summed E-state index contributed by atoms with van der Waals surface area (Å²) >= 11 is 0. The Morgan fingerprint density at radius 2 is 1.03 bits per heavy atom. The van der Waals surface area contributed by atoms with Crippen LogP contribution in [0.4, 0.5) is 0 Å². The van der Waals surface area contributed by atoms with Crippen molar-refractivity contribution >= 4 is 10.1 Å². The molecule has 0 unspecified atom stereocenters. The Bertz CT molecular complexity index is 566. The number of nitrogens with zero attached hydrogens (tertiary/aromatic N) is 1. The zero-order valence-electron chi connectivity index (χ0n) is 19.3. The van der Waals surface area contributed by atoms with Crippen LogP contribution in [-0.4, -0.2) is 43.6 Å². The van der Waals surface area contributed by atoms with E-state index in [1.807, 2.05) is 6.92 Å². The molecule has 172 valence electrons. The summed E-state index contributed by atoms with van der Waals surface area (Å²) in [6, 6.07) is 5.99. The van der Waals surface area contributed by atoms with Crippen LogP contribution >= 0.6 is 0 Å². The highest BCUT2D eigenvalue weighted by molar-refractivity contribution is 7.85. The van der Waals surface area contributed by atoms with Crippen molar-refractivity contribution in [3.05, 3.63) is 29.8 Å². The molecule has 0 aliphatic heterocycles. The van der Waals surface area contributed by atoms with Gasteiger partial charge in [0.25, 0.3) is 10.1 Å². The van der Waals surface area contributed by atoms with Crippen molar-refractivity contribution in [3.63, 3.8) is 0 Å². The van der Waals surface area contributed by atoms with Crippen molar-refractivity contribution in [3.8, 4) is 0 Å². The highest BCUT2D eigenvalue weighted by atomic mass is 35.5. The van der Waals surface area contributed by atoms with E-state index in [0.717, 1.165) is 5.56 Å². The molecule has 1 rings (SSSR count). The minimum atomic E-state index is -4.02. The normalized spacial score (nSPS) is 11.4. The molecular formula is C23H44ClNO3S. The summed E-state index contributed by atoms with van der Waals surface area (Å²) < 4.78 is 31.0. The molecule has 0 amide bonds. The summed E-state index contributed by atoms with van der Waals surface area (Å²) in [7, 11) is -4.02. The maximum Gasteiger partial charge on any atom is 0.294 e. The average molecular weight is 450 g/mol. The standard InChI is InChI=1S/C16H36N.C7H8O3S.ClH/c1-5-9-13-17(14-10-6-2,15-11-7-3)16-12-8-4;1-6-2-4-7(5-3-6)11(8,9)10;/h5-16H2,1-4H3;2-5H,1H3,(H,8,9,10);1H/q+1;;/p-1. The molecule has 29 heavy (non-hydrogen) atoms. The molecule has 0 heterocycles. The molecule has 0 atom stereocenters. The average Bonchev–Trinajstić information content (AvgIpc) is 2.67. The van der Waals surface area contributed by atoms with Crippen molar-refractivity contribution in [2.24, 2.45) is 0 Å². The van der Waals surface area contributed by atoms with Gasteiger partial charge in [-0.05, 0) is 44.7 Å². The minimum Gasteiger partial charge on any atom is -1.00 e.